The Kier molecular flexibility index (Phi) is 12.2. The first-order valence-corrected chi connectivity index (χ1v) is 12.9. The van der Waals surface area contributed by atoms with Crippen LogP contribution in [0.1, 0.15) is 80.2 Å². The lowest BCUT2D eigenvalue weighted by Crippen LogP contribution is -2.52. The molecule has 0 fully saturated rings. The van der Waals surface area contributed by atoms with Gasteiger partial charge in [-0.05, 0) is 42.9 Å². The van der Waals surface area contributed by atoms with E-state index in [1.165, 1.54) is 12.1 Å². The van der Waals surface area contributed by atoms with Crippen molar-refractivity contribution in [1.82, 2.24) is 0 Å². The van der Waals surface area contributed by atoms with Crippen LogP contribution in [0.3, 0.4) is 0 Å². The van der Waals surface area contributed by atoms with Crippen molar-refractivity contribution in [2.24, 2.45) is 29.4 Å². The van der Waals surface area contributed by atoms with Gasteiger partial charge in [-0.1, -0.05) is 54.5 Å². The van der Waals surface area contributed by atoms with Gasteiger partial charge in [0.1, 0.15) is 11.6 Å². The summed E-state index contributed by atoms with van der Waals surface area (Å²) in [6.07, 6.45) is -0.142. The lowest BCUT2D eigenvalue weighted by atomic mass is 9.86. The molecular weight excluding hydrogens is 478 g/mol. The number of carboxylic acid groups (broad SMARTS) is 1. The highest BCUT2D eigenvalue weighted by molar-refractivity contribution is 5.80. The topological polar surface area (TPSA) is 142 Å². The molecule has 3 N–H and O–H groups in total. The number of nitrogens with two attached hydrogens (primary N) is 1. The zero-order chi connectivity index (χ0) is 28.5. The third kappa shape index (κ3) is 9.80. The van der Waals surface area contributed by atoms with E-state index in [2.05, 4.69) is 0 Å². The Morgan fingerprint density at radius 1 is 0.892 bits per heavy atom. The molecule has 208 valence electrons. The molecule has 0 saturated carbocycles. The first-order chi connectivity index (χ1) is 17.1. The fourth-order valence-electron chi connectivity index (χ4n) is 3.41. The Hall–Kier alpha value is -2.94. The van der Waals surface area contributed by atoms with Crippen LogP contribution in [-0.2, 0) is 30.3 Å². The van der Waals surface area contributed by atoms with Crippen LogP contribution in [0.2, 0.25) is 0 Å². The summed E-state index contributed by atoms with van der Waals surface area (Å²) in [6.45, 7) is 14.5. The van der Waals surface area contributed by atoms with Gasteiger partial charge in [0.05, 0.1) is 11.8 Å². The summed E-state index contributed by atoms with van der Waals surface area (Å²) in [5.74, 6) is -3.35. The van der Waals surface area contributed by atoms with Crippen molar-refractivity contribution in [1.29, 1.82) is 0 Å². The predicted molar refractivity (Wildman–Crippen MR) is 139 cm³/mol. The molecule has 1 rings (SSSR count). The maximum atomic E-state index is 12.7. The molecule has 3 unspecified atom stereocenters. The Bertz CT molecular complexity index is 958. The van der Waals surface area contributed by atoms with Gasteiger partial charge in [-0.3, -0.25) is 19.2 Å². The highest BCUT2D eigenvalue weighted by atomic mass is 16.6. The number of carbonyl (C=O) groups excluding carboxylic acids is 3. The average Bonchev–Trinajstić information content (AvgIpc) is 2.79. The highest BCUT2D eigenvalue weighted by Crippen LogP contribution is 2.33. The largest absolute Gasteiger partial charge is 0.480 e. The van der Waals surface area contributed by atoms with Crippen molar-refractivity contribution in [2.75, 3.05) is 0 Å². The fraction of sp³-hybridized carbons (Fsp3) is 0.643. The van der Waals surface area contributed by atoms with Crippen LogP contribution in [0, 0.1) is 23.7 Å². The van der Waals surface area contributed by atoms with Crippen molar-refractivity contribution in [3.63, 3.8) is 0 Å². The maximum Gasteiger partial charge on any atom is 0.324 e. The summed E-state index contributed by atoms with van der Waals surface area (Å²) in [5, 5.41) is 9.90. The van der Waals surface area contributed by atoms with Crippen molar-refractivity contribution < 1.29 is 38.5 Å². The van der Waals surface area contributed by atoms with Gasteiger partial charge in [0, 0.05) is 19.3 Å². The van der Waals surface area contributed by atoms with E-state index in [1.54, 1.807) is 26.8 Å². The van der Waals surface area contributed by atoms with E-state index < -0.39 is 47.4 Å². The van der Waals surface area contributed by atoms with Gasteiger partial charge >= 0.3 is 23.9 Å². The Balaban J connectivity index is 3.29. The third-order valence-electron chi connectivity index (χ3n) is 6.56. The summed E-state index contributed by atoms with van der Waals surface area (Å²) in [4.78, 5) is 49.3. The number of hydrogen-bond acceptors (Lipinski definition) is 8. The Morgan fingerprint density at radius 2 is 1.41 bits per heavy atom. The molecule has 0 aliphatic carbocycles. The second-order valence-electron chi connectivity index (χ2n) is 10.6. The van der Waals surface area contributed by atoms with Crippen LogP contribution < -0.4 is 15.2 Å². The van der Waals surface area contributed by atoms with E-state index in [0.29, 0.717) is 12.0 Å². The van der Waals surface area contributed by atoms with Gasteiger partial charge in [0.2, 0.25) is 0 Å². The van der Waals surface area contributed by atoms with Crippen molar-refractivity contribution in [3.8, 4) is 11.5 Å². The van der Waals surface area contributed by atoms with E-state index in [0.717, 1.165) is 0 Å². The van der Waals surface area contributed by atoms with Gasteiger partial charge in [-0.2, -0.15) is 0 Å². The number of aliphatic carboxylic acids is 1. The van der Waals surface area contributed by atoms with Crippen LogP contribution in [-0.4, -0.2) is 40.6 Å². The number of carboxylic acids is 1. The summed E-state index contributed by atoms with van der Waals surface area (Å²) < 4.78 is 16.5. The minimum Gasteiger partial charge on any atom is -0.480 e. The van der Waals surface area contributed by atoms with E-state index in [1.807, 2.05) is 34.6 Å². The van der Waals surface area contributed by atoms with Crippen LogP contribution >= 0.6 is 0 Å². The number of rotatable bonds is 14. The van der Waals surface area contributed by atoms with Crippen LogP contribution in [0.15, 0.2) is 18.2 Å². The van der Waals surface area contributed by atoms with Crippen LogP contribution in [0.4, 0.5) is 0 Å². The van der Waals surface area contributed by atoms with Crippen LogP contribution in [0.25, 0.3) is 0 Å². The minimum absolute atomic E-state index is 0.00877. The number of benzene rings is 1. The number of esters is 3. The summed E-state index contributed by atoms with van der Waals surface area (Å²) in [6, 6.07) is 4.51. The standard InChI is InChI=1S/C28H43NO8/c1-9-10-24(30)35-18(6)14-28(29,27(33)34)15-21-11-12-22(36-25(31)19(7)16(2)3)23(13-21)37-26(32)20(8)17(4)5/h11-13,16-20H,9-10,14-15,29H2,1-8H3,(H,33,34)/t18-,19?,20?,28?/m0/s1. The van der Waals surface area contributed by atoms with Gasteiger partial charge in [-0.15, -0.1) is 0 Å². The SMILES string of the molecule is CCCC(=O)O[C@@H](C)CC(N)(Cc1ccc(OC(=O)C(C)C(C)C)c(OC(=O)C(C)C(C)C)c1)C(=O)O. The van der Waals surface area contributed by atoms with E-state index >= 15 is 0 Å². The van der Waals surface area contributed by atoms with Crippen molar-refractivity contribution >= 4 is 23.9 Å². The van der Waals surface area contributed by atoms with Crippen molar-refractivity contribution in [3.05, 3.63) is 23.8 Å². The molecule has 1 aromatic rings. The molecule has 0 amide bonds. The molecule has 1 aromatic carbocycles. The van der Waals surface area contributed by atoms with E-state index in [-0.39, 0.29) is 42.6 Å². The average molecular weight is 522 g/mol. The fourth-order valence-corrected chi connectivity index (χ4v) is 3.41. The number of carbonyl (C=O) groups is 4. The quantitative estimate of drug-likeness (QED) is 0.267. The molecule has 0 spiro atoms. The Labute approximate surface area is 220 Å². The predicted octanol–water partition coefficient (Wildman–Crippen LogP) is 4.53. The van der Waals surface area contributed by atoms with Gasteiger partial charge < -0.3 is 25.1 Å². The van der Waals surface area contributed by atoms with Crippen LogP contribution in [0.5, 0.6) is 11.5 Å². The number of ether oxygens (including phenoxy) is 3. The molecule has 0 saturated heterocycles. The molecule has 0 heterocycles. The zero-order valence-corrected chi connectivity index (χ0v) is 23.3. The van der Waals surface area contributed by atoms with Crippen molar-refractivity contribution in [2.45, 2.75) is 92.7 Å². The molecule has 9 nitrogen and oxygen atoms in total. The second kappa shape index (κ2) is 14.1. The monoisotopic (exact) mass is 521 g/mol. The first-order valence-electron chi connectivity index (χ1n) is 12.9. The van der Waals surface area contributed by atoms with E-state index in [9.17, 15) is 24.3 Å². The first kappa shape index (κ1) is 32.1. The van der Waals surface area contributed by atoms with E-state index in [4.69, 9.17) is 19.9 Å². The highest BCUT2D eigenvalue weighted by Gasteiger charge is 2.37. The molecule has 0 radical (unpaired) electrons. The summed E-state index contributed by atoms with van der Waals surface area (Å²) in [7, 11) is 0. The minimum atomic E-state index is -1.76. The smallest absolute Gasteiger partial charge is 0.324 e. The molecule has 37 heavy (non-hydrogen) atoms. The number of hydrogen-bond donors (Lipinski definition) is 2. The zero-order valence-electron chi connectivity index (χ0n) is 23.3. The Morgan fingerprint density at radius 3 is 1.86 bits per heavy atom. The molecule has 0 aliphatic rings. The molecule has 0 aromatic heterocycles. The summed E-state index contributed by atoms with van der Waals surface area (Å²) >= 11 is 0. The molecule has 9 heteroatoms. The maximum absolute atomic E-state index is 12.7. The van der Waals surface area contributed by atoms with Gasteiger partial charge in [0.25, 0.3) is 0 Å². The second-order valence-corrected chi connectivity index (χ2v) is 10.6. The lowest BCUT2D eigenvalue weighted by Gasteiger charge is -2.28. The molecular formula is C28H43NO8. The third-order valence-corrected chi connectivity index (χ3v) is 6.56. The molecule has 0 aliphatic heterocycles. The summed E-state index contributed by atoms with van der Waals surface area (Å²) in [5.41, 5.74) is 4.96. The normalized spacial score (nSPS) is 15.4. The molecule has 0 bridgehead atoms. The lowest BCUT2D eigenvalue weighted by molar-refractivity contribution is -0.153. The van der Waals surface area contributed by atoms with Gasteiger partial charge in [-0.25, -0.2) is 0 Å². The van der Waals surface area contributed by atoms with Gasteiger partial charge in [0.15, 0.2) is 11.5 Å². The molecule has 4 atom stereocenters.